The molecule has 1 saturated heterocycles. The number of aromatic nitrogens is 3. The van der Waals surface area contributed by atoms with Crippen molar-refractivity contribution < 1.29 is 9.18 Å². The maximum atomic E-state index is 14.5. The van der Waals surface area contributed by atoms with Gasteiger partial charge < -0.3 is 10.2 Å². The van der Waals surface area contributed by atoms with Gasteiger partial charge in [-0.2, -0.15) is 0 Å². The minimum absolute atomic E-state index is 0.00470. The second-order valence-corrected chi connectivity index (χ2v) is 9.30. The van der Waals surface area contributed by atoms with Crippen molar-refractivity contribution >= 4 is 17.7 Å². The third-order valence-corrected chi connectivity index (χ3v) is 6.98. The maximum Gasteiger partial charge on any atom is 0.230 e. The van der Waals surface area contributed by atoms with E-state index in [0.717, 1.165) is 37.7 Å². The minimum Gasteiger partial charge on any atom is -0.353 e. The maximum absolute atomic E-state index is 14.5. The summed E-state index contributed by atoms with van der Waals surface area (Å²) < 4.78 is 16.3. The van der Waals surface area contributed by atoms with E-state index < -0.39 is 0 Å². The number of para-hydroxylation sites is 1. The smallest absolute Gasteiger partial charge is 0.230 e. The lowest BCUT2D eigenvalue weighted by atomic mass is 10.1. The lowest BCUT2D eigenvalue weighted by molar-refractivity contribution is -0.119. The Morgan fingerprint density at radius 1 is 1.00 bits per heavy atom. The van der Waals surface area contributed by atoms with Crippen molar-refractivity contribution in [3.63, 3.8) is 0 Å². The zero-order valence-corrected chi connectivity index (χ0v) is 18.6. The fourth-order valence-corrected chi connectivity index (χ4v) is 5.00. The third kappa shape index (κ3) is 4.71. The average molecular weight is 452 g/mol. The Bertz CT molecular complexity index is 1080. The predicted molar refractivity (Wildman–Crippen MR) is 123 cm³/mol. The number of hydrogen-bond acceptors (Lipinski definition) is 5. The van der Waals surface area contributed by atoms with Gasteiger partial charge in [0.15, 0.2) is 11.0 Å². The van der Waals surface area contributed by atoms with Crippen molar-refractivity contribution in [3.05, 3.63) is 60.4 Å². The molecule has 0 unspecified atom stereocenters. The highest BCUT2D eigenvalue weighted by Crippen LogP contribution is 2.30. The summed E-state index contributed by atoms with van der Waals surface area (Å²) in [6.45, 7) is 2.13. The van der Waals surface area contributed by atoms with Crippen LogP contribution < -0.4 is 5.32 Å². The molecule has 1 N–H and O–H groups in total. The van der Waals surface area contributed by atoms with Crippen molar-refractivity contribution in [2.24, 2.45) is 0 Å². The molecule has 2 fully saturated rings. The Hall–Kier alpha value is -2.71. The number of carbonyl (C=O) groups excluding carboxylic acids is 1. The molecule has 1 aliphatic heterocycles. The number of likely N-dealkylation sites (tertiary alicyclic amines) is 1. The number of thioether (sulfide) groups is 1. The molecule has 6 nitrogen and oxygen atoms in total. The number of nitrogens with one attached hydrogen (secondary N) is 1. The first-order valence-electron chi connectivity index (χ1n) is 11.1. The van der Waals surface area contributed by atoms with E-state index in [1.165, 1.54) is 30.7 Å². The van der Waals surface area contributed by atoms with E-state index in [9.17, 15) is 9.18 Å². The van der Waals surface area contributed by atoms with E-state index in [4.69, 9.17) is 0 Å². The van der Waals surface area contributed by atoms with Gasteiger partial charge in [-0.15, -0.1) is 10.2 Å². The Labute approximate surface area is 191 Å². The summed E-state index contributed by atoms with van der Waals surface area (Å²) >= 11 is 1.32. The molecule has 0 spiro atoms. The highest BCUT2D eigenvalue weighted by Gasteiger charge is 2.32. The summed E-state index contributed by atoms with van der Waals surface area (Å²) in [4.78, 5) is 15.2. The zero-order valence-electron chi connectivity index (χ0n) is 17.8. The van der Waals surface area contributed by atoms with Gasteiger partial charge in [0, 0.05) is 30.9 Å². The molecule has 166 valence electrons. The van der Waals surface area contributed by atoms with Gasteiger partial charge >= 0.3 is 0 Å². The molecular weight excluding hydrogens is 425 g/mol. The number of carbonyl (C=O) groups is 1. The minimum atomic E-state index is -0.357. The monoisotopic (exact) mass is 451 g/mol. The number of rotatable bonds is 7. The second kappa shape index (κ2) is 9.42. The van der Waals surface area contributed by atoms with Crippen LogP contribution in [0, 0.1) is 5.82 Å². The number of nitrogens with zero attached hydrogens (tertiary/aromatic N) is 4. The fourth-order valence-electron chi connectivity index (χ4n) is 4.24. The summed E-state index contributed by atoms with van der Waals surface area (Å²) in [5.41, 5.74) is 1.20. The van der Waals surface area contributed by atoms with E-state index in [1.807, 2.05) is 34.9 Å². The quantitative estimate of drug-likeness (QED) is 0.552. The van der Waals surface area contributed by atoms with Crippen molar-refractivity contribution in [1.29, 1.82) is 0 Å². The van der Waals surface area contributed by atoms with Crippen molar-refractivity contribution in [3.8, 4) is 17.1 Å². The highest BCUT2D eigenvalue weighted by atomic mass is 32.2. The molecule has 1 saturated carbocycles. The summed E-state index contributed by atoms with van der Waals surface area (Å²) in [5, 5.41) is 12.3. The molecule has 2 aliphatic rings. The average Bonchev–Trinajstić information content (AvgIpc) is 3.59. The molecule has 0 atom stereocenters. The van der Waals surface area contributed by atoms with Crippen LogP contribution in [0.3, 0.4) is 0 Å². The van der Waals surface area contributed by atoms with Gasteiger partial charge in [0.05, 0.1) is 11.3 Å². The molecule has 2 aromatic carbocycles. The molecule has 8 heteroatoms. The summed E-state index contributed by atoms with van der Waals surface area (Å²) in [6, 6.07) is 17.1. The molecule has 1 amide bonds. The standard InChI is InChI=1S/C24H26FN5OS/c25-21-9-5-4-8-20(21)23-27-28-24(30(23)19-6-2-1-3-7-19)32-16-22(31)26-17-12-14-29(15-13-17)18-10-11-18/h1-9,17-18H,10-16H2,(H,26,31). The largest absolute Gasteiger partial charge is 0.353 e. The normalized spacial score (nSPS) is 17.4. The van der Waals surface area contributed by atoms with E-state index in [2.05, 4.69) is 20.4 Å². The number of piperidine rings is 1. The van der Waals surface area contributed by atoms with E-state index >= 15 is 0 Å². The number of amides is 1. The lowest BCUT2D eigenvalue weighted by Crippen LogP contribution is -2.45. The topological polar surface area (TPSA) is 63.1 Å². The van der Waals surface area contributed by atoms with Gasteiger partial charge in [-0.3, -0.25) is 9.36 Å². The van der Waals surface area contributed by atoms with Gasteiger partial charge in [-0.05, 0) is 49.9 Å². The molecule has 1 aliphatic carbocycles. The molecule has 0 bridgehead atoms. The van der Waals surface area contributed by atoms with Crippen LogP contribution in [0.1, 0.15) is 25.7 Å². The first-order valence-corrected chi connectivity index (χ1v) is 12.1. The summed E-state index contributed by atoms with van der Waals surface area (Å²) in [7, 11) is 0. The molecule has 3 aromatic rings. The van der Waals surface area contributed by atoms with Crippen LogP contribution in [0.2, 0.25) is 0 Å². The van der Waals surface area contributed by atoms with Gasteiger partial charge in [-0.25, -0.2) is 4.39 Å². The number of hydrogen-bond donors (Lipinski definition) is 1. The van der Waals surface area contributed by atoms with E-state index in [-0.39, 0.29) is 23.5 Å². The molecular formula is C24H26FN5OS. The molecule has 2 heterocycles. The van der Waals surface area contributed by atoms with Crippen LogP contribution in [0.5, 0.6) is 0 Å². The Balaban J connectivity index is 1.28. The summed E-state index contributed by atoms with van der Waals surface area (Å²) in [5.74, 6) is 0.300. The first kappa shape index (κ1) is 21.2. The van der Waals surface area contributed by atoms with Crippen LogP contribution in [-0.2, 0) is 4.79 Å². The van der Waals surface area contributed by atoms with Crippen molar-refractivity contribution in [1.82, 2.24) is 25.0 Å². The molecule has 0 radical (unpaired) electrons. The van der Waals surface area contributed by atoms with Gasteiger partial charge in [0.1, 0.15) is 5.82 Å². The van der Waals surface area contributed by atoms with Gasteiger partial charge in [-0.1, -0.05) is 42.1 Å². The fraction of sp³-hybridized carbons (Fsp3) is 0.375. The number of benzene rings is 2. The third-order valence-electron chi connectivity index (χ3n) is 6.05. The molecule has 1 aromatic heterocycles. The van der Waals surface area contributed by atoms with Crippen LogP contribution in [0.4, 0.5) is 4.39 Å². The van der Waals surface area contributed by atoms with E-state index in [0.29, 0.717) is 16.5 Å². The van der Waals surface area contributed by atoms with Crippen LogP contribution >= 0.6 is 11.8 Å². The van der Waals surface area contributed by atoms with Gasteiger partial charge in [0.25, 0.3) is 0 Å². The van der Waals surface area contributed by atoms with Crippen LogP contribution in [-0.4, -0.2) is 56.5 Å². The van der Waals surface area contributed by atoms with Crippen molar-refractivity contribution in [2.45, 2.75) is 42.9 Å². The molecule has 5 rings (SSSR count). The zero-order chi connectivity index (χ0) is 21.9. The Morgan fingerprint density at radius 3 is 2.44 bits per heavy atom. The summed E-state index contributed by atoms with van der Waals surface area (Å²) in [6.07, 6.45) is 4.66. The first-order chi connectivity index (χ1) is 15.7. The lowest BCUT2D eigenvalue weighted by Gasteiger charge is -2.32. The van der Waals surface area contributed by atoms with Gasteiger partial charge in [0.2, 0.25) is 5.91 Å². The highest BCUT2D eigenvalue weighted by molar-refractivity contribution is 7.99. The predicted octanol–water partition coefficient (Wildman–Crippen LogP) is 3.91. The van der Waals surface area contributed by atoms with Crippen LogP contribution in [0.25, 0.3) is 17.1 Å². The molecule has 32 heavy (non-hydrogen) atoms. The SMILES string of the molecule is O=C(CSc1nnc(-c2ccccc2F)n1-c1ccccc1)NC1CCN(C2CC2)CC1. The number of halogens is 1. The van der Waals surface area contributed by atoms with Crippen molar-refractivity contribution in [2.75, 3.05) is 18.8 Å². The Kier molecular flexibility index (Phi) is 6.23. The van der Waals surface area contributed by atoms with E-state index in [1.54, 1.807) is 18.2 Å². The second-order valence-electron chi connectivity index (χ2n) is 8.35. The Morgan fingerprint density at radius 2 is 1.72 bits per heavy atom. The van der Waals surface area contributed by atoms with Crippen LogP contribution in [0.15, 0.2) is 59.8 Å².